The Hall–Kier alpha value is -0.370. The molecule has 0 saturated carbocycles. The molecular formula is C7H13NO. The molecule has 52 valence electrons. The molecule has 1 heterocycles. The third-order valence-electron chi connectivity index (χ3n) is 1.83. The summed E-state index contributed by atoms with van der Waals surface area (Å²) >= 11 is 0. The molecule has 1 aliphatic rings. The first kappa shape index (κ1) is 6.75. The summed E-state index contributed by atoms with van der Waals surface area (Å²) in [5.74, 6) is 0.513. The topological polar surface area (TPSA) is 33.1 Å². The predicted octanol–water partition coefficient (Wildman–Crippen LogP) is 1.45. The van der Waals surface area contributed by atoms with Crippen molar-refractivity contribution in [2.45, 2.75) is 19.8 Å². The van der Waals surface area contributed by atoms with Crippen molar-refractivity contribution in [2.75, 3.05) is 13.2 Å². The van der Waals surface area contributed by atoms with E-state index in [1.807, 2.05) is 6.92 Å². The van der Waals surface area contributed by atoms with Crippen molar-refractivity contribution in [1.82, 2.24) is 0 Å². The highest BCUT2D eigenvalue weighted by Crippen LogP contribution is 2.14. The summed E-state index contributed by atoms with van der Waals surface area (Å²) in [5.41, 5.74) is 0.818. The smallest absolute Gasteiger partial charge is 0.0472 e. The summed E-state index contributed by atoms with van der Waals surface area (Å²) in [7, 11) is 0. The fourth-order valence-corrected chi connectivity index (χ4v) is 1.13. The van der Waals surface area contributed by atoms with Gasteiger partial charge in [0.05, 0.1) is 0 Å². The second-order valence-electron chi connectivity index (χ2n) is 2.57. The van der Waals surface area contributed by atoms with Crippen LogP contribution in [0.2, 0.25) is 0 Å². The van der Waals surface area contributed by atoms with Crippen molar-refractivity contribution < 1.29 is 4.74 Å². The summed E-state index contributed by atoms with van der Waals surface area (Å²) in [6.07, 6.45) is 2.10. The SMILES string of the molecule is CC(=N)C1CCOCC1. The fraction of sp³-hybridized carbons (Fsp3) is 0.857. The lowest BCUT2D eigenvalue weighted by Crippen LogP contribution is -2.20. The van der Waals surface area contributed by atoms with Crippen LogP contribution in [0.4, 0.5) is 0 Å². The zero-order chi connectivity index (χ0) is 6.69. The molecule has 1 N–H and O–H groups in total. The molecule has 0 atom stereocenters. The minimum atomic E-state index is 0.513. The van der Waals surface area contributed by atoms with Crippen molar-refractivity contribution >= 4 is 5.71 Å². The van der Waals surface area contributed by atoms with Gasteiger partial charge < -0.3 is 10.1 Å². The van der Waals surface area contributed by atoms with Gasteiger partial charge in [-0.25, -0.2) is 0 Å². The van der Waals surface area contributed by atoms with Crippen molar-refractivity contribution in [3.63, 3.8) is 0 Å². The number of hydrogen-bond donors (Lipinski definition) is 1. The molecule has 0 aromatic heterocycles. The Kier molecular flexibility index (Phi) is 2.22. The maximum absolute atomic E-state index is 7.33. The zero-order valence-electron chi connectivity index (χ0n) is 5.81. The van der Waals surface area contributed by atoms with Crippen LogP contribution in [0.1, 0.15) is 19.8 Å². The molecule has 0 unspecified atom stereocenters. The number of hydrogen-bond acceptors (Lipinski definition) is 2. The van der Waals surface area contributed by atoms with Crippen molar-refractivity contribution in [3.8, 4) is 0 Å². The number of nitrogens with one attached hydrogen (secondary N) is 1. The van der Waals surface area contributed by atoms with Gasteiger partial charge in [0.15, 0.2) is 0 Å². The van der Waals surface area contributed by atoms with Gasteiger partial charge in [-0.05, 0) is 19.8 Å². The highest BCUT2D eigenvalue weighted by atomic mass is 16.5. The Morgan fingerprint density at radius 1 is 1.44 bits per heavy atom. The van der Waals surface area contributed by atoms with Crippen LogP contribution in [0.3, 0.4) is 0 Å². The maximum atomic E-state index is 7.33. The van der Waals surface area contributed by atoms with E-state index in [2.05, 4.69) is 0 Å². The van der Waals surface area contributed by atoms with Crippen LogP contribution in [-0.4, -0.2) is 18.9 Å². The number of rotatable bonds is 1. The normalized spacial score (nSPS) is 21.9. The molecule has 0 bridgehead atoms. The standard InChI is InChI=1S/C7H13NO/c1-6(8)7-2-4-9-5-3-7/h7-8H,2-5H2,1H3. The summed E-state index contributed by atoms with van der Waals surface area (Å²) in [4.78, 5) is 0. The monoisotopic (exact) mass is 127 g/mol. The van der Waals surface area contributed by atoms with E-state index in [0.29, 0.717) is 5.92 Å². The fourth-order valence-electron chi connectivity index (χ4n) is 1.13. The first-order valence-corrected chi connectivity index (χ1v) is 3.43. The Bertz CT molecular complexity index is 105. The Labute approximate surface area is 55.7 Å². The maximum Gasteiger partial charge on any atom is 0.0472 e. The van der Waals surface area contributed by atoms with Gasteiger partial charge >= 0.3 is 0 Å². The lowest BCUT2D eigenvalue weighted by molar-refractivity contribution is 0.0825. The van der Waals surface area contributed by atoms with Gasteiger partial charge in [0, 0.05) is 24.8 Å². The molecule has 0 radical (unpaired) electrons. The molecule has 0 amide bonds. The van der Waals surface area contributed by atoms with E-state index in [0.717, 1.165) is 31.8 Å². The van der Waals surface area contributed by atoms with E-state index < -0.39 is 0 Å². The molecule has 0 aliphatic carbocycles. The van der Waals surface area contributed by atoms with Crippen molar-refractivity contribution in [2.24, 2.45) is 5.92 Å². The molecule has 1 rings (SSSR count). The second-order valence-corrected chi connectivity index (χ2v) is 2.57. The van der Waals surface area contributed by atoms with E-state index in [9.17, 15) is 0 Å². The van der Waals surface area contributed by atoms with Gasteiger partial charge in [0.25, 0.3) is 0 Å². The Morgan fingerprint density at radius 2 is 2.00 bits per heavy atom. The molecule has 0 spiro atoms. The minimum Gasteiger partial charge on any atom is -0.381 e. The van der Waals surface area contributed by atoms with Crippen LogP contribution in [0.25, 0.3) is 0 Å². The lowest BCUT2D eigenvalue weighted by Gasteiger charge is -2.20. The first-order chi connectivity index (χ1) is 4.30. The molecule has 1 fully saturated rings. The van der Waals surface area contributed by atoms with Gasteiger partial charge in [-0.3, -0.25) is 0 Å². The van der Waals surface area contributed by atoms with Crippen LogP contribution < -0.4 is 0 Å². The third kappa shape index (κ3) is 1.79. The summed E-state index contributed by atoms with van der Waals surface area (Å²) in [6.45, 7) is 3.58. The van der Waals surface area contributed by atoms with Crippen molar-refractivity contribution in [3.05, 3.63) is 0 Å². The summed E-state index contributed by atoms with van der Waals surface area (Å²) in [5, 5.41) is 7.33. The first-order valence-electron chi connectivity index (χ1n) is 3.43. The Morgan fingerprint density at radius 3 is 2.33 bits per heavy atom. The molecule has 0 aromatic rings. The molecule has 0 aromatic carbocycles. The number of ether oxygens (including phenoxy) is 1. The lowest BCUT2D eigenvalue weighted by atomic mass is 9.96. The quantitative estimate of drug-likeness (QED) is 0.531. The van der Waals surface area contributed by atoms with Crippen molar-refractivity contribution in [1.29, 1.82) is 5.41 Å². The van der Waals surface area contributed by atoms with Gasteiger partial charge in [-0.2, -0.15) is 0 Å². The second kappa shape index (κ2) is 2.97. The van der Waals surface area contributed by atoms with E-state index >= 15 is 0 Å². The molecule has 1 saturated heterocycles. The minimum absolute atomic E-state index is 0.513. The zero-order valence-corrected chi connectivity index (χ0v) is 5.81. The summed E-state index contributed by atoms with van der Waals surface area (Å²) in [6, 6.07) is 0. The van der Waals surface area contributed by atoms with E-state index in [1.54, 1.807) is 0 Å². The van der Waals surface area contributed by atoms with Gasteiger partial charge in [-0.15, -0.1) is 0 Å². The van der Waals surface area contributed by atoms with Crippen LogP contribution in [0, 0.1) is 11.3 Å². The van der Waals surface area contributed by atoms with Gasteiger partial charge in [0.2, 0.25) is 0 Å². The highest BCUT2D eigenvalue weighted by Gasteiger charge is 2.14. The van der Waals surface area contributed by atoms with E-state index in [1.165, 1.54) is 0 Å². The average molecular weight is 127 g/mol. The van der Waals surface area contributed by atoms with E-state index in [-0.39, 0.29) is 0 Å². The van der Waals surface area contributed by atoms with Crippen LogP contribution in [0.5, 0.6) is 0 Å². The predicted molar refractivity (Wildman–Crippen MR) is 36.9 cm³/mol. The summed E-state index contributed by atoms with van der Waals surface area (Å²) < 4.78 is 5.15. The van der Waals surface area contributed by atoms with Crippen LogP contribution in [0.15, 0.2) is 0 Å². The molecule has 9 heavy (non-hydrogen) atoms. The molecular weight excluding hydrogens is 114 g/mol. The largest absolute Gasteiger partial charge is 0.381 e. The van der Waals surface area contributed by atoms with Gasteiger partial charge in [0.1, 0.15) is 0 Å². The van der Waals surface area contributed by atoms with Gasteiger partial charge in [-0.1, -0.05) is 0 Å². The molecule has 1 aliphatic heterocycles. The van der Waals surface area contributed by atoms with E-state index in [4.69, 9.17) is 10.1 Å². The molecule has 2 heteroatoms. The average Bonchev–Trinajstić information content (AvgIpc) is 1.90. The Balaban J connectivity index is 2.31. The van der Waals surface area contributed by atoms with Crippen LogP contribution in [-0.2, 0) is 4.74 Å². The van der Waals surface area contributed by atoms with Crippen LogP contribution >= 0.6 is 0 Å². The third-order valence-corrected chi connectivity index (χ3v) is 1.83. The molecule has 2 nitrogen and oxygen atoms in total. The highest BCUT2D eigenvalue weighted by molar-refractivity contribution is 5.81.